The Morgan fingerprint density at radius 2 is 1.85 bits per heavy atom. The number of hydrogen-bond acceptors (Lipinski definition) is 9. The third-order valence-electron chi connectivity index (χ3n) is 8.94. The minimum absolute atomic E-state index is 0.118. The van der Waals surface area contributed by atoms with E-state index < -0.39 is 11.4 Å². The molecule has 4 heterocycles. The van der Waals surface area contributed by atoms with Gasteiger partial charge in [-0.25, -0.2) is 19.0 Å². The van der Waals surface area contributed by atoms with Crippen molar-refractivity contribution in [2.45, 2.75) is 64.2 Å². The molecule has 2 aromatic heterocycles. The minimum Gasteiger partial charge on any atom is -0.457 e. The van der Waals surface area contributed by atoms with Crippen LogP contribution in [0, 0.1) is 17.1 Å². The molecule has 0 spiro atoms. The van der Waals surface area contributed by atoms with Gasteiger partial charge in [0, 0.05) is 55.4 Å². The van der Waals surface area contributed by atoms with Crippen molar-refractivity contribution in [3.8, 4) is 28.8 Å². The fraction of sp³-hybridized carbons (Fsp3) is 0.400. The molecule has 3 N–H and O–H groups in total. The third kappa shape index (κ3) is 6.68. The van der Waals surface area contributed by atoms with Crippen LogP contribution in [0.3, 0.4) is 0 Å². The van der Waals surface area contributed by atoms with Crippen LogP contribution in [0.4, 0.5) is 10.2 Å². The molecule has 12 heteroatoms. The average Bonchev–Trinajstić information content (AvgIpc) is 3.44. The van der Waals surface area contributed by atoms with E-state index in [1.54, 1.807) is 39.9 Å². The number of nitrogens with two attached hydrogens (primary N) is 1. The van der Waals surface area contributed by atoms with E-state index >= 15 is 4.39 Å². The van der Waals surface area contributed by atoms with Crippen LogP contribution in [0.5, 0.6) is 11.5 Å². The summed E-state index contributed by atoms with van der Waals surface area (Å²) in [6.07, 6.45) is 4.56. The summed E-state index contributed by atoms with van der Waals surface area (Å²) in [6, 6.07) is 16.2. The Kier molecular flexibility index (Phi) is 8.94. The maximum Gasteiger partial charge on any atom is 0.264 e. The van der Waals surface area contributed by atoms with Crippen LogP contribution in [-0.4, -0.2) is 79.3 Å². The largest absolute Gasteiger partial charge is 0.457 e. The van der Waals surface area contributed by atoms with Gasteiger partial charge in [0.15, 0.2) is 5.65 Å². The molecule has 0 bridgehead atoms. The first-order chi connectivity index (χ1) is 22.5. The van der Waals surface area contributed by atoms with Crippen LogP contribution < -0.4 is 15.8 Å². The molecule has 11 nitrogen and oxygen atoms in total. The van der Waals surface area contributed by atoms with Crippen molar-refractivity contribution in [3.05, 3.63) is 72.3 Å². The maximum absolute atomic E-state index is 15.7. The first-order valence-corrected chi connectivity index (χ1v) is 16.0. The molecule has 244 valence electrons. The fourth-order valence-corrected chi connectivity index (χ4v) is 6.71. The molecule has 2 aliphatic rings. The van der Waals surface area contributed by atoms with Gasteiger partial charge in [0.1, 0.15) is 46.8 Å². The number of piperazine rings is 1. The van der Waals surface area contributed by atoms with Crippen molar-refractivity contribution in [1.29, 1.82) is 5.26 Å². The summed E-state index contributed by atoms with van der Waals surface area (Å²) >= 11 is 0. The molecule has 1 amide bonds. The Labute approximate surface area is 273 Å². The van der Waals surface area contributed by atoms with E-state index in [0.717, 1.165) is 13.1 Å². The first kappa shape index (κ1) is 32.1. The van der Waals surface area contributed by atoms with Crippen LogP contribution in [0.2, 0.25) is 0 Å². The highest BCUT2D eigenvalue weighted by atomic mass is 19.1. The lowest BCUT2D eigenvalue weighted by Gasteiger charge is -2.44. The number of benzene rings is 2. The normalized spacial score (nSPS) is 21.1. The Morgan fingerprint density at radius 1 is 1.11 bits per heavy atom. The lowest BCUT2D eigenvalue weighted by atomic mass is 9.95. The van der Waals surface area contributed by atoms with Crippen LogP contribution in [0.1, 0.15) is 46.6 Å². The SMILES string of the molecule is C[C@@H]1CN(C(C)(C)C=C(C#N)C(=O)N2CCC[C@H](n3nc(-c4ccc(Oc5ccccc5)cc4F)c4c(N)ncnc43)C2)C[C@H](C)N1. The van der Waals surface area contributed by atoms with Gasteiger partial charge in [-0.1, -0.05) is 18.2 Å². The highest BCUT2D eigenvalue weighted by molar-refractivity contribution is 5.99. The van der Waals surface area contributed by atoms with E-state index in [9.17, 15) is 10.1 Å². The van der Waals surface area contributed by atoms with E-state index in [-0.39, 0.29) is 28.9 Å². The van der Waals surface area contributed by atoms with Crippen molar-refractivity contribution in [1.82, 2.24) is 34.9 Å². The quantitative estimate of drug-likeness (QED) is 0.210. The zero-order chi connectivity index (χ0) is 33.3. The third-order valence-corrected chi connectivity index (χ3v) is 8.94. The van der Waals surface area contributed by atoms with E-state index in [4.69, 9.17) is 15.6 Å². The molecular formula is C35H40FN9O2. The molecule has 3 atom stereocenters. The zero-order valence-corrected chi connectivity index (χ0v) is 27.2. The molecule has 0 aliphatic carbocycles. The van der Waals surface area contributed by atoms with Crippen LogP contribution in [-0.2, 0) is 4.79 Å². The number of rotatable bonds is 7. The summed E-state index contributed by atoms with van der Waals surface area (Å²) in [5, 5.41) is 18.9. The topological polar surface area (TPSA) is 138 Å². The van der Waals surface area contributed by atoms with Gasteiger partial charge in [-0.15, -0.1) is 0 Å². The number of para-hydroxylation sites is 1. The lowest BCUT2D eigenvalue weighted by Crippen LogP contribution is -2.59. The summed E-state index contributed by atoms with van der Waals surface area (Å²) < 4.78 is 23.2. The molecule has 6 rings (SSSR count). The molecule has 2 aliphatic heterocycles. The Bertz CT molecular complexity index is 1840. The number of hydrogen-bond donors (Lipinski definition) is 2. The molecule has 2 fully saturated rings. The number of aromatic nitrogens is 4. The van der Waals surface area contributed by atoms with Crippen molar-refractivity contribution < 1.29 is 13.9 Å². The number of likely N-dealkylation sites (tertiary alicyclic amines) is 1. The fourth-order valence-electron chi connectivity index (χ4n) is 6.71. The Balaban J connectivity index is 1.27. The van der Waals surface area contributed by atoms with Crippen molar-refractivity contribution in [3.63, 3.8) is 0 Å². The van der Waals surface area contributed by atoms with Crippen molar-refractivity contribution >= 4 is 22.8 Å². The van der Waals surface area contributed by atoms with Crippen LogP contribution in [0.25, 0.3) is 22.3 Å². The minimum atomic E-state index is -0.534. The number of nitrogen functional groups attached to an aromatic ring is 1. The molecular weight excluding hydrogens is 597 g/mol. The first-order valence-electron chi connectivity index (χ1n) is 16.0. The van der Waals surface area contributed by atoms with Crippen LogP contribution >= 0.6 is 0 Å². The van der Waals surface area contributed by atoms with E-state index in [1.807, 2.05) is 32.0 Å². The number of carbonyl (C=O) groups is 1. The number of amides is 1. The maximum atomic E-state index is 15.7. The second-order valence-electron chi connectivity index (χ2n) is 13.1. The Morgan fingerprint density at radius 3 is 2.55 bits per heavy atom. The number of nitrogens with one attached hydrogen (secondary N) is 1. The predicted molar refractivity (Wildman–Crippen MR) is 178 cm³/mol. The summed E-state index contributed by atoms with van der Waals surface area (Å²) in [5.41, 5.74) is 6.94. The molecule has 2 aromatic carbocycles. The monoisotopic (exact) mass is 637 g/mol. The number of nitrogens with zero attached hydrogens (tertiary/aromatic N) is 7. The summed E-state index contributed by atoms with van der Waals surface area (Å²) in [4.78, 5) is 26.5. The smallest absolute Gasteiger partial charge is 0.264 e. The van der Waals surface area contributed by atoms with E-state index in [2.05, 4.69) is 40.1 Å². The van der Waals surface area contributed by atoms with Crippen molar-refractivity contribution in [2.75, 3.05) is 31.9 Å². The number of carbonyl (C=O) groups excluding carboxylic acids is 1. The van der Waals surface area contributed by atoms with Gasteiger partial charge in [-0.3, -0.25) is 9.69 Å². The van der Waals surface area contributed by atoms with Gasteiger partial charge in [-0.2, -0.15) is 10.4 Å². The van der Waals surface area contributed by atoms with Crippen LogP contribution in [0.15, 0.2) is 66.5 Å². The molecule has 0 unspecified atom stereocenters. The second-order valence-corrected chi connectivity index (χ2v) is 13.1. The highest BCUT2D eigenvalue weighted by Gasteiger charge is 2.34. The Hall–Kier alpha value is -4.86. The standard InChI is InChI=1S/C35H40FN9O2/c1-22-18-44(19-23(2)41-22)35(3,4)16-24(17-37)34(46)43-14-8-9-25(20-43)45-33-30(32(38)39-21-40-33)31(42-45)28-13-12-27(15-29(28)36)47-26-10-6-5-7-11-26/h5-7,10-13,15-16,21-23,25,41H,8-9,14,18-20H2,1-4H3,(H2,38,39,40)/t22-,23+,25-/m0/s1. The highest BCUT2D eigenvalue weighted by Crippen LogP contribution is 2.36. The van der Waals surface area contributed by atoms with Gasteiger partial charge < -0.3 is 20.7 Å². The van der Waals surface area contributed by atoms with E-state index in [1.165, 1.54) is 12.4 Å². The number of nitriles is 1. The number of fused-ring (bicyclic) bond motifs is 1. The van der Waals surface area contributed by atoms with Gasteiger partial charge in [-0.05, 0) is 70.9 Å². The number of halogens is 1. The molecule has 47 heavy (non-hydrogen) atoms. The molecule has 4 aromatic rings. The van der Waals surface area contributed by atoms with Gasteiger partial charge >= 0.3 is 0 Å². The molecule has 0 saturated carbocycles. The summed E-state index contributed by atoms with van der Waals surface area (Å²) in [7, 11) is 0. The van der Waals surface area contributed by atoms with Crippen molar-refractivity contribution in [2.24, 2.45) is 0 Å². The lowest BCUT2D eigenvalue weighted by molar-refractivity contribution is -0.128. The summed E-state index contributed by atoms with van der Waals surface area (Å²) in [5.74, 6) is 0.268. The summed E-state index contributed by atoms with van der Waals surface area (Å²) in [6.45, 7) is 10.8. The molecule has 2 saturated heterocycles. The number of ether oxygens (including phenoxy) is 1. The van der Waals surface area contributed by atoms with Gasteiger partial charge in [0.25, 0.3) is 5.91 Å². The van der Waals surface area contributed by atoms with Gasteiger partial charge in [0.2, 0.25) is 0 Å². The number of piperidine rings is 1. The average molecular weight is 638 g/mol. The van der Waals surface area contributed by atoms with E-state index in [0.29, 0.717) is 66.2 Å². The predicted octanol–water partition coefficient (Wildman–Crippen LogP) is 5.08. The zero-order valence-electron chi connectivity index (χ0n) is 27.2. The van der Waals surface area contributed by atoms with Gasteiger partial charge in [0.05, 0.1) is 11.4 Å². The second kappa shape index (κ2) is 13.1. The molecule has 0 radical (unpaired) electrons. The number of anilines is 1.